The van der Waals surface area contributed by atoms with E-state index in [9.17, 15) is 4.79 Å². The Morgan fingerprint density at radius 1 is 1.15 bits per heavy atom. The predicted octanol–water partition coefficient (Wildman–Crippen LogP) is 3.84. The first-order valence-corrected chi connectivity index (χ1v) is 8.64. The molecule has 0 fully saturated rings. The molecular formula is C21H20N4O2. The van der Waals surface area contributed by atoms with E-state index in [4.69, 9.17) is 4.74 Å². The molecule has 0 aliphatic carbocycles. The van der Waals surface area contributed by atoms with Crippen LogP contribution in [0.4, 0.5) is 0 Å². The molecule has 4 rings (SSSR count). The number of rotatable bonds is 5. The molecule has 0 aliphatic rings. The molecule has 0 saturated heterocycles. The quantitative estimate of drug-likeness (QED) is 0.568. The van der Waals surface area contributed by atoms with Crippen molar-refractivity contribution in [1.29, 1.82) is 0 Å². The van der Waals surface area contributed by atoms with E-state index < -0.39 is 0 Å². The highest BCUT2D eigenvalue weighted by molar-refractivity contribution is 5.98. The number of carbonyl (C=O) groups excluding carboxylic acids is 1. The average molecular weight is 360 g/mol. The zero-order chi connectivity index (χ0) is 18.8. The summed E-state index contributed by atoms with van der Waals surface area (Å²) in [5.41, 5.74) is 4.56. The molecule has 2 aromatic carbocycles. The van der Waals surface area contributed by atoms with Gasteiger partial charge < -0.3 is 14.6 Å². The first-order chi connectivity index (χ1) is 13.1. The highest BCUT2D eigenvalue weighted by atomic mass is 16.5. The molecule has 0 saturated carbocycles. The Bertz CT molecular complexity index is 1080. The summed E-state index contributed by atoms with van der Waals surface area (Å²) in [6.45, 7) is 0.506. The van der Waals surface area contributed by atoms with Crippen molar-refractivity contribution < 1.29 is 9.53 Å². The smallest absolute Gasteiger partial charge is 0.270 e. The molecule has 0 spiro atoms. The topological polar surface area (TPSA) is 74.0 Å². The van der Waals surface area contributed by atoms with Gasteiger partial charge >= 0.3 is 0 Å². The van der Waals surface area contributed by atoms with Crippen LogP contribution in [0.1, 0.15) is 16.1 Å². The van der Waals surface area contributed by atoms with Crippen LogP contribution in [-0.2, 0) is 6.54 Å². The fraction of sp³-hybridized carbons (Fsp3) is 0.143. The number of nitrogens with one attached hydrogen (secondary N) is 2. The van der Waals surface area contributed by atoms with Gasteiger partial charge in [0, 0.05) is 36.3 Å². The SMILES string of the molecule is COc1cccc(CN(C)C(=O)c2cc3ccc(-c4cn[nH]c4)cc3[nH]2)c1. The Balaban J connectivity index is 1.56. The number of carbonyl (C=O) groups is 1. The second kappa shape index (κ2) is 6.99. The number of aromatic nitrogens is 3. The lowest BCUT2D eigenvalue weighted by Gasteiger charge is -2.16. The summed E-state index contributed by atoms with van der Waals surface area (Å²) in [5.74, 6) is 0.726. The molecular weight excluding hydrogens is 340 g/mol. The van der Waals surface area contributed by atoms with E-state index in [1.165, 1.54) is 0 Å². The highest BCUT2D eigenvalue weighted by Crippen LogP contribution is 2.24. The third kappa shape index (κ3) is 3.42. The van der Waals surface area contributed by atoms with Gasteiger partial charge in [-0.3, -0.25) is 9.89 Å². The van der Waals surface area contributed by atoms with Gasteiger partial charge in [0.15, 0.2) is 0 Å². The van der Waals surface area contributed by atoms with Crippen molar-refractivity contribution >= 4 is 16.8 Å². The van der Waals surface area contributed by atoms with Crippen molar-refractivity contribution in [3.05, 3.63) is 72.2 Å². The molecule has 136 valence electrons. The summed E-state index contributed by atoms with van der Waals surface area (Å²) in [6.07, 6.45) is 3.62. The van der Waals surface area contributed by atoms with Gasteiger partial charge in [0.1, 0.15) is 11.4 Å². The molecule has 2 aromatic heterocycles. The lowest BCUT2D eigenvalue weighted by atomic mass is 10.1. The number of aromatic amines is 2. The normalized spacial score (nSPS) is 10.9. The van der Waals surface area contributed by atoms with Gasteiger partial charge in [0.25, 0.3) is 5.91 Å². The van der Waals surface area contributed by atoms with Crippen molar-refractivity contribution in [2.75, 3.05) is 14.2 Å². The van der Waals surface area contributed by atoms with Gasteiger partial charge in [0.2, 0.25) is 0 Å². The predicted molar refractivity (Wildman–Crippen MR) is 105 cm³/mol. The number of amides is 1. The van der Waals surface area contributed by atoms with Crippen molar-refractivity contribution in [3.63, 3.8) is 0 Å². The second-order valence-electron chi connectivity index (χ2n) is 6.48. The number of benzene rings is 2. The highest BCUT2D eigenvalue weighted by Gasteiger charge is 2.15. The van der Waals surface area contributed by atoms with Crippen LogP contribution in [0.2, 0.25) is 0 Å². The Kier molecular flexibility index (Phi) is 4.38. The largest absolute Gasteiger partial charge is 0.497 e. The molecule has 1 amide bonds. The Morgan fingerprint density at radius 3 is 2.81 bits per heavy atom. The molecule has 6 heteroatoms. The third-order valence-electron chi connectivity index (χ3n) is 4.59. The Labute approximate surface area is 156 Å². The minimum atomic E-state index is -0.0566. The number of nitrogens with zero attached hydrogens (tertiary/aromatic N) is 2. The number of ether oxygens (including phenoxy) is 1. The van der Waals surface area contributed by atoms with Gasteiger partial charge in [-0.05, 0) is 35.4 Å². The van der Waals surface area contributed by atoms with Crippen molar-refractivity contribution in [2.24, 2.45) is 0 Å². The third-order valence-corrected chi connectivity index (χ3v) is 4.59. The molecule has 27 heavy (non-hydrogen) atoms. The molecule has 0 atom stereocenters. The minimum absolute atomic E-state index is 0.0566. The van der Waals surface area contributed by atoms with E-state index in [-0.39, 0.29) is 5.91 Å². The van der Waals surface area contributed by atoms with Crippen LogP contribution in [0.15, 0.2) is 60.9 Å². The maximum absolute atomic E-state index is 12.8. The maximum atomic E-state index is 12.8. The fourth-order valence-corrected chi connectivity index (χ4v) is 3.15. The first kappa shape index (κ1) is 16.9. The Morgan fingerprint density at radius 2 is 2.04 bits per heavy atom. The van der Waals surface area contributed by atoms with E-state index in [2.05, 4.69) is 15.2 Å². The van der Waals surface area contributed by atoms with Gasteiger partial charge in [-0.1, -0.05) is 24.3 Å². The average Bonchev–Trinajstić information content (AvgIpc) is 3.36. The van der Waals surface area contributed by atoms with E-state index in [0.29, 0.717) is 12.2 Å². The Hall–Kier alpha value is -3.54. The maximum Gasteiger partial charge on any atom is 0.270 e. The fourth-order valence-electron chi connectivity index (χ4n) is 3.15. The standard InChI is InChI=1S/C21H20N4O2/c1-25(13-14-4-3-5-18(8-14)27-2)21(26)20-10-16-7-6-15(9-19(16)24-20)17-11-22-23-12-17/h3-12,24H,13H2,1-2H3,(H,22,23). The van der Waals surface area contributed by atoms with Gasteiger partial charge in [-0.2, -0.15) is 5.10 Å². The molecule has 2 N–H and O–H groups in total. The summed E-state index contributed by atoms with van der Waals surface area (Å²) >= 11 is 0. The van der Waals surface area contributed by atoms with Crippen LogP contribution in [0.3, 0.4) is 0 Å². The molecule has 0 radical (unpaired) electrons. The zero-order valence-electron chi connectivity index (χ0n) is 15.2. The summed E-state index contributed by atoms with van der Waals surface area (Å²) < 4.78 is 5.25. The second-order valence-corrected chi connectivity index (χ2v) is 6.48. The van der Waals surface area contributed by atoms with Crippen LogP contribution < -0.4 is 4.74 Å². The molecule has 4 aromatic rings. The lowest BCUT2D eigenvalue weighted by molar-refractivity contribution is 0.0780. The van der Waals surface area contributed by atoms with E-state index in [1.54, 1.807) is 25.3 Å². The van der Waals surface area contributed by atoms with E-state index in [1.807, 2.05) is 54.7 Å². The van der Waals surface area contributed by atoms with Crippen LogP contribution >= 0.6 is 0 Å². The van der Waals surface area contributed by atoms with Gasteiger partial charge in [-0.25, -0.2) is 0 Å². The van der Waals surface area contributed by atoms with Crippen LogP contribution in [0.5, 0.6) is 5.75 Å². The lowest BCUT2D eigenvalue weighted by Crippen LogP contribution is -2.26. The van der Waals surface area contributed by atoms with Crippen LogP contribution in [0.25, 0.3) is 22.0 Å². The number of methoxy groups -OCH3 is 1. The van der Waals surface area contributed by atoms with E-state index >= 15 is 0 Å². The molecule has 0 bridgehead atoms. The molecule has 2 heterocycles. The monoisotopic (exact) mass is 360 g/mol. The summed E-state index contributed by atoms with van der Waals surface area (Å²) in [6, 6.07) is 15.7. The van der Waals surface area contributed by atoms with Gasteiger partial charge in [-0.15, -0.1) is 0 Å². The minimum Gasteiger partial charge on any atom is -0.497 e. The zero-order valence-corrected chi connectivity index (χ0v) is 15.2. The molecule has 0 unspecified atom stereocenters. The molecule has 6 nitrogen and oxygen atoms in total. The number of hydrogen-bond acceptors (Lipinski definition) is 3. The first-order valence-electron chi connectivity index (χ1n) is 8.64. The van der Waals surface area contributed by atoms with Crippen LogP contribution in [-0.4, -0.2) is 40.1 Å². The number of fused-ring (bicyclic) bond motifs is 1. The van der Waals surface area contributed by atoms with Crippen LogP contribution in [0, 0.1) is 0 Å². The van der Waals surface area contributed by atoms with E-state index in [0.717, 1.165) is 33.3 Å². The summed E-state index contributed by atoms with van der Waals surface area (Å²) in [5, 5.41) is 7.80. The number of H-pyrrole nitrogens is 2. The number of hydrogen-bond donors (Lipinski definition) is 2. The molecule has 0 aliphatic heterocycles. The van der Waals surface area contributed by atoms with Crippen molar-refractivity contribution in [1.82, 2.24) is 20.1 Å². The van der Waals surface area contributed by atoms with Crippen molar-refractivity contribution in [3.8, 4) is 16.9 Å². The van der Waals surface area contributed by atoms with Gasteiger partial charge in [0.05, 0.1) is 13.3 Å². The summed E-state index contributed by atoms with van der Waals surface area (Å²) in [4.78, 5) is 17.8. The van der Waals surface area contributed by atoms with Crippen molar-refractivity contribution in [2.45, 2.75) is 6.54 Å². The summed E-state index contributed by atoms with van der Waals surface area (Å²) in [7, 11) is 3.43.